The molecule has 0 unspecified atom stereocenters. The molecule has 3 N–H and O–H groups in total. The number of carbonyl (C=O) groups is 1. The van der Waals surface area contributed by atoms with Crippen LogP contribution in [0.1, 0.15) is 31.7 Å². The molecule has 5 heteroatoms. The lowest BCUT2D eigenvalue weighted by molar-refractivity contribution is -0.116. The zero-order chi connectivity index (χ0) is 16.2. The molecule has 2 aliphatic rings. The largest absolute Gasteiger partial charge is 0.326 e. The van der Waals surface area contributed by atoms with Crippen LogP contribution in [0.2, 0.25) is 0 Å². The van der Waals surface area contributed by atoms with Crippen molar-refractivity contribution >= 4 is 34.9 Å². The molecule has 0 radical (unpaired) electrons. The summed E-state index contributed by atoms with van der Waals surface area (Å²) < 4.78 is 0. The van der Waals surface area contributed by atoms with Crippen molar-refractivity contribution in [2.45, 2.75) is 32.7 Å². The summed E-state index contributed by atoms with van der Waals surface area (Å²) in [6, 6.07) is 13.9. The van der Waals surface area contributed by atoms with Gasteiger partial charge in [0.1, 0.15) is 0 Å². The topological polar surface area (TPSA) is 68.0 Å². The van der Waals surface area contributed by atoms with E-state index in [4.69, 9.17) is 10.7 Å². The molecule has 0 bridgehead atoms. The highest BCUT2D eigenvalue weighted by Crippen LogP contribution is 2.33. The van der Waals surface area contributed by atoms with Crippen molar-refractivity contribution in [2.24, 2.45) is 5.73 Å². The number of hydrogen-bond acceptors (Lipinski definition) is 3. The Balaban J connectivity index is 0.00000208. The van der Waals surface area contributed by atoms with Crippen molar-refractivity contribution in [1.29, 1.82) is 0 Å². The van der Waals surface area contributed by atoms with E-state index in [2.05, 4.69) is 18.3 Å². The fourth-order valence-electron chi connectivity index (χ4n) is 2.79. The van der Waals surface area contributed by atoms with Gasteiger partial charge in [0, 0.05) is 29.6 Å². The zero-order valence-corrected chi connectivity index (χ0v) is 14.5. The van der Waals surface area contributed by atoms with E-state index in [1.165, 1.54) is 0 Å². The number of benzene rings is 1. The summed E-state index contributed by atoms with van der Waals surface area (Å²) in [5.41, 5.74) is 10.5. The van der Waals surface area contributed by atoms with Gasteiger partial charge in [0.05, 0.1) is 11.2 Å². The van der Waals surface area contributed by atoms with E-state index in [1.54, 1.807) is 0 Å². The molecule has 3 rings (SSSR count). The van der Waals surface area contributed by atoms with Crippen LogP contribution in [-0.2, 0) is 11.3 Å². The number of hydrogen-bond donors (Lipinski definition) is 2. The Bertz CT molecular complexity index is 819. The van der Waals surface area contributed by atoms with Gasteiger partial charge in [-0.25, -0.2) is 4.98 Å². The molecule has 24 heavy (non-hydrogen) atoms. The van der Waals surface area contributed by atoms with Gasteiger partial charge in [-0.2, -0.15) is 0 Å². The second-order valence-electron chi connectivity index (χ2n) is 5.71. The van der Waals surface area contributed by atoms with Crippen molar-refractivity contribution in [1.82, 2.24) is 4.98 Å². The maximum absolute atomic E-state index is 11.9. The molecule has 1 aromatic carbocycles. The molecule has 0 saturated heterocycles. The third kappa shape index (κ3) is 3.66. The van der Waals surface area contributed by atoms with Gasteiger partial charge in [-0.1, -0.05) is 43.7 Å². The average molecular weight is 344 g/mol. The summed E-state index contributed by atoms with van der Waals surface area (Å²) in [4.78, 5) is 16.7. The Kier molecular flexibility index (Phi) is 6.12. The number of anilines is 1. The third-order valence-electron chi connectivity index (χ3n) is 4.01. The summed E-state index contributed by atoms with van der Waals surface area (Å²) in [6.07, 6.45) is 2.46. The van der Waals surface area contributed by atoms with Crippen LogP contribution >= 0.6 is 12.4 Å². The van der Waals surface area contributed by atoms with Crippen LogP contribution in [0.3, 0.4) is 0 Å². The first-order chi connectivity index (χ1) is 11.2. The van der Waals surface area contributed by atoms with Crippen LogP contribution in [0.5, 0.6) is 0 Å². The highest BCUT2D eigenvalue weighted by atomic mass is 35.5. The first kappa shape index (κ1) is 18.2. The number of nitrogens with two attached hydrogens (primary N) is 1. The standard InChI is InChI=1S/C19H21N3O.ClH/c1-2-3-10-18(23)21-14-7-5-8-15-16-9-4-6-13(12-20)19(16)22-17(15)11-14;/h4-9,11H,2-3,10,12,20H2,1H3,(H,21,23);1H. The van der Waals surface area contributed by atoms with Crippen LogP contribution in [0, 0.1) is 0 Å². The number of rotatable bonds is 5. The van der Waals surface area contributed by atoms with Gasteiger partial charge < -0.3 is 11.1 Å². The monoisotopic (exact) mass is 343 g/mol. The van der Waals surface area contributed by atoms with E-state index in [9.17, 15) is 4.79 Å². The maximum Gasteiger partial charge on any atom is 0.224 e. The van der Waals surface area contributed by atoms with E-state index in [-0.39, 0.29) is 18.3 Å². The number of halogens is 1. The minimum Gasteiger partial charge on any atom is -0.326 e. The van der Waals surface area contributed by atoms with Crippen molar-refractivity contribution in [3.05, 3.63) is 48.0 Å². The van der Waals surface area contributed by atoms with E-state index in [0.717, 1.165) is 46.3 Å². The smallest absolute Gasteiger partial charge is 0.224 e. The Labute approximate surface area is 148 Å². The summed E-state index contributed by atoms with van der Waals surface area (Å²) in [5, 5.41) is 4.06. The first-order valence-corrected chi connectivity index (χ1v) is 8.04. The van der Waals surface area contributed by atoms with Crippen molar-refractivity contribution in [3.8, 4) is 11.3 Å². The molecule has 4 nitrogen and oxygen atoms in total. The van der Waals surface area contributed by atoms with Crippen molar-refractivity contribution < 1.29 is 4.79 Å². The minimum absolute atomic E-state index is 0. The fraction of sp³-hybridized carbons (Fsp3) is 0.263. The maximum atomic E-state index is 11.9. The van der Waals surface area contributed by atoms with Crippen LogP contribution in [0.15, 0.2) is 42.5 Å². The molecular weight excluding hydrogens is 322 g/mol. The molecule has 1 aliphatic carbocycles. The van der Waals surface area contributed by atoms with Gasteiger partial charge in [0.25, 0.3) is 0 Å². The SMILES string of the molecule is CCCCC(=O)Nc1cccc2c3cccc(CN)c3nc-2c1.Cl. The predicted molar refractivity (Wildman–Crippen MR) is 102 cm³/mol. The zero-order valence-electron chi connectivity index (χ0n) is 13.7. The van der Waals surface area contributed by atoms with E-state index in [1.807, 2.05) is 36.4 Å². The summed E-state index contributed by atoms with van der Waals surface area (Å²) in [5.74, 6) is 0.0463. The average Bonchev–Trinajstić information content (AvgIpc) is 2.78. The molecule has 0 saturated carbocycles. The first-order valence-electron chi connectivity index (χ1n) is 8.04. The molecule has 1 heterocycles. The molecule has 1 amide bonds. The van der Waals surface area contributed by atoms with Gasteiger partial charge in [-0.05, 0) is 24.1 Å². The Morgan fingerprint density at radius 2 is 2.00 bits per heavy atom. The lowest BCUT2D eigenvalue weighted by Gasteiger charge is -2.02. The molecule has 0 fully saturated rings. The van der Waals surface area contributed by atoms with Crippen LogP contribution < -0.4 is 11.1 Å². The molecule has 0 spiro atoms. The highest BCUT2D eigenvalue weighted by Gasteiger charge is 2.13. The van der Waals surface area contributed by atoms with E-state index >= 15 is 0 Å². The lowest BCUT2D eigenvalue weighted by atomic mass is 10.1. The van der Waals surface area contributed by atoms with E-state index < -0.39 is 0 Å². The van der Waals surface area contributed by atoms with Crippen molar-refractivity contribution in [2.75, 3.05) is 5.32 Å². The quantitative estimate of drug-likeness (QED) is 0.723. The molecule has 0 aromatic heterocycles. The lowest BCUT2D eigenvalue weighted by Crippen LogP contribution is -2.10. The predicted octanol–water partition coefficient (Wildman–Crippen LogP) is 4.35. The number of carbonyl (C=O) groups excluding carboxylic acids is 1. The van der Waals surface area contributed by atoms with Gasteiger partial charge >= 0.3 is 0 Å². The molecular formula is C19H22ClN3O. The van der Waals surface area contributed by atoms with Crippen LogP contribution in [-0.4, -0.2) is 10.9 Å². The minimum atomic E-state index is 0. The number of nitrogens with zero attached hydrogens (tertiary/aromatic N) is 1. The second-order valence-corrected chi connectivity index (χ2v) is 5.71. The summed E-state index contributed by atoms with van der Waals surface area (Å²) >= 11 is 0. The fourth-order valence-corrected chi connectivity index (χ4v) is 2.79. The second kappa shape index (κ2) is 8.08. The number of para-hydroxylation sites is 1. The Hall–Kier alpha value is -2.17. The Morgan fingerprint density at radius 3 is 2.75 bits per heavy atom. The molecule has 126 valence electrons. The molecule has 1 aromatic rings. The van der Waals surface area contributed by atoms with Gasteiger partial charge in [0.2, 0.25) is 5.91 Å². The highest BCUT2D eigenvalue weighted by molar-refractivity contribution is 6.00. The third-order valence-corrected chi connectivity index (χ3v) is 4.01. The van der Waals surface area contributed by atoms with Crippen LogP contribution in [0.4, 0.5) is 5.69 Å². The number of unbranched alkanes of at least 4 members (excludes halogenated alkanes) is 1. The molecule has 0 atom stereocenters. The number of nitrogens with one attached hydrogen (secondary N) is 1. The summed E-state index contributed by atoms with van der Waals surface area (Å²) in [7, 11) is 0. The normalized spacial score (nSPS) is 10.6. The Morgan fingerprint density at radius 1 is 1.21 bits per heavy atom. The number of aromatic nitrogens is 1. The summed E-state index contributed by atoms with van der Waals surface area (Å²) in [6.45, 7) is 2.54. The number of fused-ring (bicyclic) bond motifs is 3. The van der Waals surface area contributed by atoms with Gasteiger partial charge in [-0.3, -0.25) is 4.79 Å². The van der Waals surface area contributed by atoms with Crippen molar-refractivity contribution in [3.63, 3.8) is 0 Å². The van der Waals surface area contributed by atoms with E-state index in [0.29, 0.717) is 13.0 Å². The molecule has 1 aliphatic heterocycles. The van der Waals surface area contributed by atoms with Gasteiger partial charge in [0.15, 0.2) is 0 Å². The number of amides is 1. The van der Waals surface area contributed by atoms with Gasteiger partial charge in [-0.15, -0.1) is 12.4 Å². The van der Waals surface area contributed by atoms with Crippen LogP contribution in [0.25, 0.3) is 22.2 Å².